The van der Waals surface area contributed by atoms with Crippen molar-refractivity contribution in [3.63, 3.8) is 0 Å². The lowest BCUT2D eigenvalue weighted by molar-refractivity contribution is -0.152. The van der Waals surface area contributed by atoms with E-state index in [0.29, 0.717) is 19.3 Å². The monoisotopic (exact) mass is 604 g/mol. The molecule has 0 amide bonds. The molecule has 248 valence electrons. The van der Waals surface area contributed by atoms with Crippen LogP contribution in [0.2, 0.25) is 0 Å². The summed E-state index contributed by atoms with van der Waals surface area (Å²) < 4.78 is 10.2. The predicted octanol–water partition coefficient (Wildman–Crippen LogP) is 9.25. The number of aliphatic hydroxyl groups excluding tert-OH is 2. The smallest absolute Gasteiger partial charge is 0.305 e. The van der Waals surface area contributed by atoms with Crippen molar-refractivity contribution in [3.05, 3.63) is 48.6 Å². The van der Waals surface area contributed by atoms with Crippen molar-refractivity contribution in [1.29, 1.82) is 0 Å². The van der Waals surface area contributed by atoms with E-state index >= 15 is 0 Å². The third-order valence-electron chi connectivity index (χ3n) is 7.14. The molecule has 0 aliphatic heterocycles. The Labute approximate surface area is 263 Å². The third-order valence-corrected chi connectivity index (χ3v) is 7.14. The molecule has 0 fully saturated rings. The SMILES string of the molecule is CCCCCCCCCCCCCC(=O)OC[C@@H](O)COC(=O)CCC/C=C\C/C=C\C/C=C\C/C=C\[C@@H](O)CCCC. The van der Waals surface area contributed by atoms with Crippen molar-refractivity contribution >= 4 is 11.9 Å². The maximum absolute atomic E-state index is 11.9. The molecule has 0 aliphatic rings. The maximum Gasteiger partial charge on any atom is 0.305 e. The molecule has 0 radical (unpaired) electrons. The van der Waals surface area contributed by atoms with Crippen LogP contribution in [0.25, 0.3) is 0 Å². The molecule has 43 heavy (non-hydrogen) atoms. The Morgan fingerprint density at radius 1 is 0.558 bits per heavy atom. The van der Waals surface area contributed by atoms with Crippen LogP contribution in [0.1, 0.15) is 149 Å². The zero-order valence-electron chi connectivity index (χ0n) is 27.6. The lowest BCUT2D eigenvalue weighted by Gasteiger charge is -2.12. The van der Waals surface area contributed by atoms with Crippen molar-refractivity contribution in [1.82, 2.24) is 0 Å². The average Bonchev–Trinajstić information content (AvgIpc) is 3.00. The summed E-state index contributed by atoms with van der Waals surface area (Å²) >= 11 is 0. The van der Waals surface area contributed by atoms with Gasteiger partial charge in [-0.15, -0.1) is 0 Å². The van der Waals surface area contributed by atoms with E-state index in [1.54, 1.807) is 0 Å². The van der Waals surface area contributed by atoms with E-state index in [9.17, 15) is 19.8 Å². The lowest BCUT2D eigenvalue weighted by Crippen LogP contribution is -2.25. The number of ether oxygens (including phenoxy) is 2. The van der Waals surface area contributed by atoms with Crippen LogP contribution in [-0.2, 0) is 19.1 Å². The fourth-order valence-corrected chi connectivity index (χ4v) is 4.45. The van der Waals surface area contributed by atoms with Gasteiger partial charge in [0.2, 0.25) is 0 Å². The number of unbranched alkanes of at least 4 members (excludes halogenated alkanes) is 12. The van der Waals surface area contributed by atoms with Crippen LogP contribution in [0, 0.1) is 0 Å². The second-order valence-corrected chi connectivity index (χ2v) is 11.5. The summed E-state index contributed by atoms with van der Waals surface area (Å²) in [4.78, 5) is 23.8. The minimum Gasteiger partial charge on any atom is -0.463 e. The van der Waals surface area contributed by atoms with Gasteiger partial charge in [0.1, 0.15) is 19.3 Å². The van der Waals surface area contributed by atoms with E-state index in [2.05, 4.69) is 50.3 Å². The molecule has 0 saturated heterocycles. The Morgan fingerprint density at radius 3 is 1.53 bits per heavy atom. The van der Waals surface area contributed by atoms with Gasteiger partial charge >= 0.3 is 11.9 Å². The zero-order valence-corrected chi connectivity index (χ0v) is 27.6. The molecule has 0 aliphatic carbocycles. The lowest BCUT2D eigenvalue weighted by atomic mass is 10.1. The highest BCUT2D eigenvalue weighted by molar-refractivity contribution is 5.69. The second kappa shape index (κ2) is 32.7. The van der Waals surface area contributed by atoms with Crippen molar-refractivity contribution in [3.8, 4) is 0 Å². The first kappa shape index (κ1) is 40.8. The highest BCUT2D eigenvalue weighted by atomic mass is 16.6. The summed E-state index contributed by atoms with van der Waals surface area (Å²) in [5.41, 5.74) is 0. The van der Waals surface area contributed by atoms with E-state index in [4.69, 9.17) is 9.47 Å². The average molecular weight is 605 g/mol. The van der Waals surface area contributed by atoms with Crippen LogP contribution in [0.5, 0.6) is 0 Å². The van der Waals surface area contributed by atoms with Crippen LogP contribution in [0.15, 0.2) is 48.6 Å². The van der Waals surface area contributed by atoms with E-state index in [0.717, 1.165) is 64.2 Å². The maximum atomic E-state index is 11.9. The van der Waals surface area contributed by atoms with Gasteiger partial charge in [0.15, 0.2) is 0 Å². The molecule has 0 aromatic rings. The predicted molar refractivity (Wildman–Crippen MR) is 179 cm³/mol. The van der Waals surface area contributed by atoms with E-state index in [-0.39, 0.29) is 31.3 Å². The molecule has 0 heterocycles. The molecular weight excluding hydrogens is 540 g/mol. The number of carbonyl (C=O) groups excluding carboxylic acids is 2. The Bertz CT molecular complexity index is 754. The van der Waals surface area contributed by atoms with Gasteiger partial charge in [0.25, 0.3) is 0 Å². The molecular formula is C37H64O6. The van der Waals surface area contributed by atoms with Crippen molar-refractivity contribution in [2.75, 3.05) is 13.2 Å². The van der Waals surface area contributed by atoms with E-state index in [1.807, 2.05) is 12.2 Å². The van der Waals surface area contributed by atoms with Gasteiger partial charge in [-0.1, -0.05) is 140 Å². The first-order chi connectivity index (χ1) is 21.0. The Morgan fingerprint density at radius 2 is 1.00 bits per heavy atom. The molecule has 0 rings (SSSR count). The topological polar surface area (TPSA) is 93.1 Å². The fraction of sp³-hybridized carbons (Fsp3) is 0.730. The molecule has 6 nitrogen and oxygen atoms in total. The number of allylic oxidation sites excluding steroid dienone is 7. The highest BCUT2D eigenvalue weighted by Gasteiger charge is 2.12. The number of aliphatic hydroxyl groups is 2. The summed E-state index contributed by atoms with van der Waals surface area (Å²) in [5, 5.41) is 19.7. The van der Waals surface area contributed by atoms with Gasteiger partial charge in [-0.3, -0.25) is 9.59 Å². The molecule has 0 aromatic carbocycles. The van der Waals surface area contributed by atoms with Gasteiger partial charge < -0.3 is 19.7 Å². The molecule has 0 spiro atoms. The van der Waals surface area contributed by atoms with Crippen LogP contribution < -0.4 is 0 Å². The molecule has 6 heteroatoms. The first-order valence-electron chi connectivity index (χ1n) is 17.3. The molecule has 0 bridgehead atoms. The van der Waals surface area contributed by atoms with Crippen LogP contribution in [0.3, 0.4) is 0 Å². The van der Waals surface area contributed by atoms with Crippen LogP contribution in [-0.4, -0.2) is 47.6 Å². The number of carbonyl (C=O) groups is 2. The quantitative estimate of drug-likeness (QED) is 0.0482. The standard InChI is InChI=1S/C37H64O6/c1-3-5-7-8-9-10-13-17-20-23-26-30-36(40)42-32-35(39)33-43-37(41)31-27-24-21-18-15-12-11-14-16-19-22-25-29-34(38)28-6-4-2/h11-12,16,18-19,21,25,29,34-35,38-39H,3-10,13-15,17,20,22-24,26-28,30-33H2,1-2H3/b12-11-,19-16-,21-18-,29-25-/t34-,35+/m0/s1. The Hall–Kier alpha value is -2.18. The minimum atomic E-state index is -0.994. The largest absolute Gasteiger partial charge is 0.463 e. The van der Waals surface area contributed by atoms with Gasteiger partial charge in [-0.2, -0.15) is 0 Å². The number of rotatable bonds is 30. The van der Waals surface area contributed by atoms with Gasteiger partial charge in [0.05, 0.1) is 6.10 Å². The number of esters is 2. The fourth-order valence-electron chi connectivity index (χ4n) is 4.45. The van der Waals surface area contributed by atoms with E-state index < -0.39 is 6.10 Å². The summed E-state index contributed by atoms with van der Waals surface area (Å²) in [5.74, 6) is -0.654. The number of hydrogen-bond acceptors (Lipinski definition) is 6. The molecule has 0 unspecified atom stereocenters. The summed E-state index contributed by atoms with van der Waals surface area (Å²) in [7, 11) is 0. The summed E-state index contributed by atoms with van der Waals surface area (Å²) in [6, 6.07) is 0. The molecule has 2 atom stereocenters. The zero-order chi connectivity index (χ0) is 31.6. The molecule has 0 saturated carbocycles. The number of hydrogen-bond donors (Lipinski definition) is 2. The van der Waals surface area contributed by atoms with Crippen molar-refractivity contribution in [2.45, 2.75) is 161 Å². The van der Waals surface area contributed by atoms with Gasteiger partial charge in [-0.25, -0.2) is 0 Å². The van der Waals surface area contributed by atoms with Crippen LogP contribution in [0.4, 0.5) is 0 Å². The second-order valence-electron chi connectivity index (χ2n) is 11.5. The Kier molecular flexibility index (Phi) is 31.1. The minimum absolute atomic E-state index is 0.142. The normalized spacial score (nSPS) is 13.5. The van der Waals surface area contributed by atoms with Gasteiger partial charge in [0, 0.05) is 12.8 Å². The van der Waals surface area contributed by atoms with Gasteiger partial charge in [-0.05, 0) is 44.9 Å². The van der Waals surface area contributed by atoms with Crippen LogP contribution >= 0.6 is 0 Å². The third kappa shape index (κ3) is 32.6. The van der Waals surface area contributed by atoms with Crippen molar-refractivity contribution < 1.29 is 29.3 Å². The molecule has 0 aromatic heterocycles. The summed E-state index contributed by atoms with van der Waals surface area (Å²) in [6.45, 7) is 4.07. The van der Waals surface area contributed by atoms with E-state index in [1.165, 1.54) is 51.4 Å². The van der Waals surface area contributed by atoms with Crippen molar-refractivity contribution in [2.24, 2.45) is 0 Å². The Balaban J connectivity index is 3.61. The molecule has 2 N–H and O–H groups in total. The highest BCUT2D eigenvalue weighted by Crippen LogP contribution is 2.12. The first-order valence-corrected chi connectivity index (χ1v) is 17.3. The summed E-state index contributed by atoms with van der Waals surface area (Å²) in [6.07, 6.45) is 36.4.